The number of imide groups is 1. The van der Waals surface area contributed by atoms with Gasteiger partial charge in [-0.3, -0.25) is 19.8 Å². The molecule has 0 unspecified atom stereocenters. The van der Waals surface area contributed by atoms with Crippen LogP contribution in [0, 0.1) is 0 Å². The second-order valence-corrected chi connectivity index (χ2v) is 3.32. The summed E-state index contributed by atoms with van der Waals surface area (Å²) in [5.41, 5.74) is 0.799. The Bertz CT molecular complexity index is 363. The molecule has 1 aliphatic rings. The van der Waals surface area contributed by atoms with E-state index in [9.17, 15) is 9.59 Å². The Morgan fingerprint density at radius 3 is 2.67 bits per heavy atom. The fraction of sp³-hybridized carbons (Fsp3) is 0.333. The first-order valence-electron chi connectivity index (χ1n) is 4.54. The Kier molecular flexibility index (Phi) is 2.68. The maximum Gasteiger partial charge on any atom is 0.240 e. The standard InChI is InChI=1S/C9H10N4O2/c14-8-4-13(5-9(15)12-8)3-7-1-2-10-6-11-7/h1-2,6H,3-5H2,(H,12,14,15). The number of hydrogen-bond donors (Lipinski definition) is 1. The molecule has 1 aliphatic heterocycles. The number of piperazine rings is 1. The van der Waals surface area contributed by atoms with Crippen LogP contribution in [0.1, 0.15) is 5.69 Å². The van der Waals surface area contributed by atoms with Crippen LogP contribution in [0.5, 0.6) is 0 Å². The predicted octanol–water partition coefficient (Wildman–Crippen LogP) is -1.06. The average Bonchev–Trinajstić information content (AvgIpc) is 2.17. The van der Waals surface area contributed by atoms with Crippen LogP contribution in [0.15, 0.2) is 18.6 Å². The Labute approximate surface area is 86.3 Å². The van der Waals surface area contributed by atoms with E-state index < -0.39 is 0 Å². The normalized spacial score (nSPS) is 17.6. The van der Waals surface area contributed by atoms with E-state index in [1.54, 1.807) is 17.2 Å². The van der Waals surface area contributed by atoms with Crippen molar-refractivity contribution in [3.8, 4) is 0 Å². The largest absolute Gasteiger partial charge is 0.294 e. The highest BCUT2D eigenvalue weighted by atomic mass is 16.2. The Hall–Kier alpha value is -1.82. The number of carbonyl (C=O) groups is 2. The zero-order valence-corrected chi connectivity index (χ0v) is 8.01. The predicted molar refractivity (Wildman–Crippen MR) is 50.5 cm³/mol. The molecule has 6 nitrogen and oxygen atoms in total. The number of aromatic nitrogens is 2. The van der Waals surface area contributed by atoms with E-state index in [1.807, 2.05) is 0 Å². The molecule has 1 N–H and O–H groups in total. The SMILES string of the molecule is O=C1CN(Cc2ccncn2)CC(=O)N1. The Morgan fingerprint density at radius 1 is 1.33 bits per heavy atom. The lowest BCUT2D eigenvalue weighted by atomic mass is 10.3. The van der Waals surface area contributed by atoms with Gasteiger partial charge in [0.05, 0.1) is 18.8 Å². The van der Waals surface area contributed by atoms with Crippen molar-refractivity contribution in [3.05, 3.63) is 24.3 Å². The van der Waals surface area contributed by atoms with Gasteiger partial charge in [0.2, 0.25) is 11.8 Å². The third-order valence-corrected chi connectivity index (χ3v) is 2.04. The number of nitrogens with one attached hydrogen (secondary N) is 1. The fourth-order valence-electron chi connectivity index (χ4n) is 1.45. The monoisotopic (exact) mass is 206 g/mol. The van der Waals surface area contributed by atoms with Gasteiger partial charge in [0, 0.05) is 12.7 Å². The Morgan fingerprint density at radius 2 is 2.07 bits per heavy atom. The smallest absolute Gasteiger partial charge is 0.240 e. The molecule has 0 radical (unpaired) electrons. The van der Waals surface area contributed by atoms with E-state index >= 15 is 0 Å². The van der Waals surface area contributed by atoms with Gasteiger partial charge in [0.25, 0.3) is 0 Å². The molecular weight excluding hydrogens is 196 g/mol. The third kappa shape index (κ3) is 2.57. The number of amides is 2. The van der Waals surface area contributed by atoms with Crippen molar-refractivity contribution in [2.75, 3.05) is 13.1 Å². The summed E-state index contributed by atoms with van der Waals surface area (Å²) in [5.74, 6) is -0.527. The molecule has 0 aliphatic carbocycles. The third-order valence-electron chi connectivity index (χ3n) is 2.04. The van der Waals surface area contributed by atoms with Crippen molar-refractivity contribution in [3.63, 3.8) is 0 Å². The molecule has 0 saturated carbocycles. The molecule has 15 heavy (non-hydrogen) atoms. The maximum atomic E-state index is 11.1. The molecule has 2 rings (SSSR count). The first kappa shape index (κ1) is 9.72. The summed E-state index contributed by atoms with van der Waals surface area (Å²) in [6.45, 7) is 0.952. The highest BCUT2D eigenvalue weighted by Gasteiger charge is 2.22. The lowest BCUT2D eigenvalue weighted by molar-refractivity contribution is -0.136. The van der Waals surface area contributed by atoms with E-state index in [2.05, 4.69) is 15.3 Å². The highest BCUT2D eigenvalue weighted by Crippen LogP contribution is 2.01. The van der Waals surface area contributed by atoms with Gasteiger partial charge in [-0.15, -0.1) is 0 Å². The van der Waals surface area contributed by atoms with Crippen LogP contribution >= 0.6 is 0 Å². The van der Waals surface area contributed by atoms with Crippen LogP contribution < -0.4 is 5.32 Å². The van der Waals surface area contributed by atoms with Crippen LogP contribution in [0.25, 0.3) is 0 Å². The summed E-state index contributed by atoms with van der Waals surface area (Å²) >= 11 is 0. The number of carbonyl (C=O) groups excluding carboxylic acids is 2. The van der Waals surface area contributed by atoms with E-state index in [0.717, 1.165) is 5.69 Å². The number of hydrogen-bond acceptors (Lipinski definition) is 5. The van der Waals surface area contributed by atoms with Gasteiger partial charge in [0.1, 0.15) is 6.33 Å². The lowest BCUT2D eigenvalue weighted by Crippen LogP contribution is -2.50. The van der Waals surface area contributed by atoms with Crippen molar-refractivity contribution in [2.45, 2.75) is 6.54 Å². The van der Waals surface area contributed by atoms with Crippen molar-refractivity contribution < 1.29 is 9.59 Å². The summed E-state index contributed by atoms with van der Waals surface area (Å²) in [5, 5.41) is 2.24. The minimum absolute atomic E-state index is 0.232. The van der Waals surface area contributed by atoms with Crippen molar-refractivity contribution in [1.82, 2.24) is 20.2 Å². The quantitative estimate of drug-likeness (QED) is 0.624. The zero-order valence-electron chi connectivity index (χ0n) is 8.01. The van der Waals surface area contributed by atoms with Crippen molar-refractivity contribution in [1.29, 1.82) is 0 Å². The van der Waals surface area contributed by atoms with Crippen LogP contribution in [0.3, 0.4) is 0 Å². The van der Waals surface area contributed by atoms with Crippen LogP contribution in [0.4, 0.5) is 0 Å². The molecule has 2 amide bonds. The first-order chi connectivity index (χ1) is 7.24. The van der Waals surface area contributed by atoms with Crippen LogP contribution in [0.2, 0.25) is 0 Å². The van der Waals surface area contributed by atoms with Crippen LogP contribution in [-0.2, 0) is 16.1 Å². The maximum absolute atomic E-state index is 11.1. The fourth-order valence-corrected chi connectivity index (χ4v) is 1.45. The van der Waals surface area contributed by atoms with Gasteiger partial charge in [0.15, 0.2) is 0 Å². The molecule has 0 aromatic carbocycles. The molecule has 1 aromatic heterocycles. The van der Waals surface area contributed by atoms with Gasteiger partial charge >= 0.3 is 0 Å². The summed E-state index contributed by atoms with van der Waals surface area (Å²) in [6.07, 6.45) is 3.08. The second-order valence-electron chi connectivity index (χ2n) is 3.32. The number of nitrogens with zero attached hydrogens (tertiary/aromatic N) is 3. The summed E-state index contributed by atoms with van der Waals surface area (Å²) in [6, 6.07) is 1.76. The van der Waals surface area contributed by atoms with Gasteiger partial charge < -0.3 is 0 Å². The first-order valence-corrected chi connectivity index (χ1v) is 4.54. The van der Waals surface area contributed by atoms with E-state index in [-0.39, 0.29) is 24.9 Å². The van der Waals surface area contributed by atoms with Gasteiger partial charge in [-0.2, -0.15) is 0 Å². The molecule has 1 saturated heterocycles. The molecule has 1 fully saturated rings. The number of rotatable bonds is 2. The lowest BCUT2D eigenvalue weighted by Gasteiger charge is -2.24. The highest BCUT2D eigenvalue weighted by molar-refractivity contribution is 5.99. The molecule has 6 heteroatoms. The van der Waals surface area contributed by atoms with E-state index in [0.29, 0.717) is 6.54 Å². The molecule has 0 spiro atoms. The summed E-state index contributed by atoms with van der Waals surface area (Å²) in [7, 11) is 0. The van der Waals surface area contributed by atoms with Crippen molar-refractivity contribution in [2.24, 2.45) is 0 Å². The average molecular weight is 206 g/mol. The van der Waals surface area contributed by atoms with E-state index in [1.165, 1.54) is 6.33 Å². The minimum Gasteiger partial charge on any atom is -0.294 e. The molecule has 0 bridgehead atoms. The van der Waals surface area contributed by atoms with Gasteiger partial charge in [-0.1, -0.05) is 0 Å². The topological polar surface area (TPSA) is 75.2 Å². The molecule has 78 valence electrons. The van der Waals surface area contributed by atoms with E-state index in [4.69, 9.17) is 0 Å². The molecule has 0 atom stereocenters. The summed E-state index contributed by atoms with van der Waals surface area (Å²) in [4.78, 5) is 31.7. The molecule has 1 aromatic rings. The van der Waals surface area contributed by atoms with Crippen molar-refractivity contribution >= 4 is 11.8 Å². The van der Waals surface area contributed by atoms with Gasteiger partial charge in [-0.05, 0) is 6.07 Å². The van der Waals surface area contributed by atoms with Gasteiger partial charge in [-0.25, -0.2) is 9.97 Å². The second kappa shape index (κ2) is 4.14. The molecule has 2 heterocycles. The zero-order chi connectivity index (χ0) is 10.7. The minimum atomic E-state index is -0.264. The Balaban J connectivity index is 2.00. The van der Waals surface area contributed by atoms with Crippen LogP contribution in [-0.4, -0.2) is 39.8 Å². The summed E-state index contributed by atoms with van der Waals surface area (Å²) < 4.78 is 0. The molecular formula is C9H10N4O2.